The van der Waals surface area contributed by atoms with Crippen LogP contribution < -0.4 is 25.1 Å². The van der Waals surface area contributed by atoms with Crippen LogP contribution in [0.4, 0.5) is 0 Å². The number of aromatic amines is 1. The molecular formula is C29H35N3O5. The second kappa shape index (κ2) is 11.8. The number of pyridine rings is 2. The fraction of sp³-hybridized carbons (Fsp3) is 0.345. The Morgan fingerprint density at radius 3 is 2.32 bits per heavy atom. The van der Waals surface area contributed by atoms with Crippen LogP contribution in [0.25, 0.3) is 21.7 Å². The van der Waals surface area contributed by atoms with Gasteiger partial charge in [0.2, 0.25) is 5.91 Å². The molecule has 196 valence electrons. The highest BCUT2D eigenvalue weighted by atomic mass is 16.5. The van der Waals surface area contributed by atoms with Crippen LogP contribution in [-0.2, 0) is 24.2 Å². The summed E-state index contributed by atoms with van der Waals surface area (Å²) in [6.45, 7) is 3.74. The van der Waals surface area contributed by atoms with E-state index >= 15 is 0 Å². The molecule has 4 aromatic rings. The van der Waals surface area contributed by atoms with Crippen molar-refractivity contribution in [3.63, 3.8) is 0 Å². The van der Waals surface area contributed by atoms with Crippen LogP contribution >= 0.6 is 0 Å². The van der Waals surface area contributed by atoms with Gasteiger partial charge in [0.15, 0.2) is 11.5 Å². The number of ether oxygens (including phenoxy) is 3. The normalized spacial score (nSPS) is 10.7. The predicted octanol–water partition coefficient (Wildman–Crippen LogP) is 4.92. The number of methoxy groups -OCH3 is 3. The summed E-state index contributed by atoms with van der Waals surface area (Å²) in [4.78, 5) is 32.9. The molecular weight excluding hydrogens is 470 g/mol. The molecule has 0 spiro atoms. The van der Waals surface area contributed by atoms with Crippen LogP contribution in [-0.4, -0.2) is 37.2 Å². The lowest BCUT2D eigenvalue weighted by Gasteiger charge is -2.16. The van der Waals surface area contributed by atoms with Crippen molar-refractivity contribution < 1.29 is 19.0 Å². The van der Waals surface area contributed by atoms with Gasteiger partial charge in [0.1, 0.15) is 5.75 Å². The fourth-order valence-electron chi connectivity index (χ4n) is 4.47. The van der Waals surface area contributed by atoms with E-state index < -0.39 is 0 Å². The van der Waals surface area contributed by atoms with E-state index in [0.717, 1.165) is 51.5 Å². The molecule has 8 heteroatoms. The maximum absolute atomic E-state index is 13.4. The number of rotatable bonds is 9. The summed E-state index contributed by atoms with van der Waals surface area (Å²) in [7, 11) is 4.77. The molecule has 0 aliphatic carbocycles. The Bertz CT molecular complexity index is 1490. The highest BCUT2D eigenvalue weighted by molar-refractivity contribution is 5.91. The van der Waals surface area contributed by atoms with Crippen LogP contribution in [0.15, 0.2) is 41.2 Å². The zero-order chi connectivity index (χ0) is 25.8. The third kappa shape index (κ3) is 5.69. The van der Waals surface area contributed by atoms with Gasteiger partial charge in [-0.2, -0.15) is 0 Å². The van der Waals surface area contributed by atoms with Crippen LogP contribution in [0.1, 0.15) is 50.2 Å². The Hall–Kier alpha value is -4.07. The molecule has 2 heterocycles. The molecule has 0 unspecified atom stereocenters. The van der Waals surface area contributed by atoms with Crippen molar-refractivity contribution >= 4 is 27.6 Å². The highest BCUT2D eigenvalue weighted by Gasteiger charge is 2.18. The lowest BCUT2D eigenvalue weighted by Crippen LogP contribution is -2.24. The Morgan fingerprint density at radius 2 is 1.70 bits per heavy atom. The van der Waals surface area contributed by atoms with Crippen LogP contribution in [0.3, 0.4) is 0 Å². The van der Waals surface area contributed by atoms with Gasteiger partial charge in [-0.1, -0.05) is 20.8 Å². The minimum atomic E-state index is -0.219. The molecule has 2 aromatic heterocycles. The molecule has 0 saturated heterocycles. The third-order valence-corrected chi connectivity index (χ3v) is 6.27. The van der Waals surface area contributed by atoms with Gasteiger partial charge >= 0.3 is 0 Å². The number of nitrogens with one attached hydrogen (secondary N) is 2. The smallest absolute Gasteiger partial charge is 0.252 e. The fourth-order valence-corrected chi connectivity index (χ4v) is 4.47. The van der Waals surface area contributed by atoms with Crippen molar-refractivity contribution in [2.75, 3.05) is 21.3 Å². The number of benzene rings is 2. The summed E-state index contributed by atoms with van der Waals surface area (Å²) in [6, 6.07) is 11.6. The van der Waals surface area contributed by atoms with E-state index in [9.17, 15) is 9.59 Å². The molecule has 0 atom stereocenters. The van der Waals surface area contributed by atoms with Crippen molar-refractivity contribution in [1.29, 1.82) is 0 Å². The molecule has 4 rings (SSSR count). The second-order valence-electron chi connectivity index (χ2n) is 8.65. The summed E-state index contributed by atoms with van der Waals surface area (Å²) >= 11 is 0. The summed E-state index contributed by atoms with van der Waals surface area (Å²) < 4.78 is 16.4. The van der Waals surface area contributed by atoms with E-state index in [2.05, 4.69) is 23.3 Å². The number of fused-ring (bicyclic) bond motifs is 2. The van der Waals surface area contributed by atoms with Gasteiger partial charge in [0.05, 0.1) is 33.4 Å². The summed E-state index contributed by atoms with van der Waals surface area (Å²) in [5.74, 6) is 1.63. The number of amides is 1. The van der Waals surface area contributed by atoms with Gasteiger partial charge in [-0.3, -0.25) is 14.6 Å². The Labute approximate surface area is 217 Å². The first-order valence-electron chi connectivity index (χ1n) is 11.9. The second-order valence-corrected chi connectivity index (χ2v) is 8.65. The predicted molar refractivity (Wildman–Crippen MR) is 147 cm³/mol. The monoisotopic (exact) mass is 505 g/mol. The number of H-pyrrole nitrogens is 1. The summed E-state index contributed by atoms with van der Waals surface area (Å²) in [5.41, 5.74) is 3.81. The van der Waals surface area contributed by atoms with Crippen molar-refractivity contribution in [2.45, 2.75) is 47.1 Å². The molecule has 0 aliphatic heterocycles. The lowest BCUT2D eigenvalue weighted by atomic mass is 9.95. The molecule has 2 aromatic carbocycles. The van der Waals surface area contributed by atoms with E-state index in [1.54, 1.807) is 21.3 Å². The molecule has 0 radical (unpaired) electrons. The quantitative estimate of drug-likeness (QED) is 0.335. The molecule has 0 fully saturated rings. The van der Waals surface area contributed by atoms with E-state index in [-0.39, 0.29) is 25.4 Å². The molecule has 0 bridgehead atoms. The molecule has 8 nitrogen and oxygen atoms in total. The van der Waals surface area contributed by atoms with Crippen LogP contribution in [0.5, 0.6) is 17.2 Å². The highest BCUT2D eigenvalue weighted by Crippen LogP contribution is 2.35. The number of carbonyl (C=O) groups is 1. The molecule has 0 saturated carbocycles. The Kier molecular flexibility index (Phi) is 8.76. The van der Waals surface area contributed by atoms with E-state index in [0.29, 0.717) is 29.2 Å². The molecule has 2 N–H and O–H groups in total. The largest absolute Gasteiger partial charge is 0.497 e. The van der Waals surface area contributed by atoms with E-state index in [4.69, 9.17) is 19.2 Å². The van der Waals surface area contributed by atoms with Gasteiger partial charge in [-0.25, -0.2) is 0 Å². The molecule has 37 heavy (non-hydrogen) atoms. The minimum absolute atomic E-state index is 0. The third-order valence-electron chi connectivity index (χ3n) is 6.27. The van der Waals surface area contributed by atoms with Crippen LogP contribution in [0.2, 0.25) is 0 Å². The molecule has 0 aliphatic rings. The molecule has 1 amide bonds. The van der Waals surface area contributed by atoms with E-state index in [1.807, 2.05) is 30.3 Å². The Balaban J connectivity index is 0.00000380. The van der Waals surface area contributed by atoms with Crippen molar-refractivity contribution in [3.05, 3.63) is 69.3 Å². The van der Waals surface area contributed by atoms with Gasteiger partial charge in [-0.15, -0.1) is 0 Å². The van der Waals surface area contributed by atoms with E-state index in [1.165, 1.54) is 6.92 Å². The van der Waals surface area contributed by atoms with Gasteiger partial charge in [0.25, 0.3) is 5.56 Å². The average molecular weight is 506 g/mol. The zero-order valence-corrected chi connectivity index (χ0v) is 21.3. The van der Waals surface area contributed by atoms with Crippen molar-refractivity contribution in [3.8, 4) is 17.2 Å². The lowest BCUT2D eigenvalue weighted by molar-refractivity contribution is -0.119. The number of hydrogen-bond acceptors (Lipinski definition) is 6. The van der Waals surface area contributed by atoms with Gasteiger partial charge in [-0.05, 0) is 53.8 Å². The average Bonchev–Trinajstić information content (AvgIpc) is 2.88. The van der Waals surface area contributed by atoms with Gasteiger partial charge in [0, 0.05) is 41.1 Å². The first-order valence-corrected chi connectivity index (χ1v) is 11.9. The first kappa shape index (κ1) is 27.5. The van der Waals surface area contributed by atoms with Crippen molar-refractivity contribution in [2.24, 2.45) is 0 Å². The maximum atomic E-state index is 13.4. The minimum Gasteiger partial charge on any atom is -0.497 e. The topological polar surface area (TPSA) is 103 Å². The number of aryl methyl sites for hydroxylation is 1. The SMILES string of the molecule is C.CCCc1nc2ccc(OC)cc2cc1Cc1c(=O)[nH]c(CNC(C)=O)c2cc(OC)c(OC)cc12. The zero-order valence-electron chi connectivity index (χ0n) is 21.3. The summed E-state index contributed by atoms with van der Waals surface area (Å²) in [5, 5.41) is 5.24. The number of hydrogen-bond donors (Lipinski definition) is 2. The summed E-state index contributed by atoms with van der Waals surface area (Å²) in [6.07, 6.45) is 2.11. The standard InChI is InChI=1S/C28H31N3O5.CH4/c1-6-7-23-18(10-17-11-19(34-3)8-9-24(17)30-23)12-22-20-13-26(35-4)27(36-5)14-21(20)25(31-28(22)33)15-29-16(2)32;/h8-11,13-14H,6-7,12,15H2,1-5H3,(H,29,32)(H,31,33);1H4. The number of nitrogens with zero attached hydrogens (tertiary/aromatic N) is 1. The number of carbonyl (C=O) groups excluding carboxylic acids is 1. The van der Waals surface area contributed by atoms with Crippen molar-refractivity contribution in [1.82, 2.24) is 15.3 Å². The first-order chi connectivity index (χ1) is 17.4. The maximum Gasteiger partial charge on any atom is 0.252 e. The Morgan fingerprint density at radius 1 is 1.00 bits per heavy atom. The number of aromatic nitrogens is 2. The van der Waals surface area contributed by atoms with Gasteiger partial charge < -0.3 is 24.5 Å². The van der Waals surface area contributed by atoms with Crippen LogP contribution in [0, 0.1) is 0 Å².